The van der Waals surface area contributed by atoms with E-state index in [1.54, 1.807) is 13.2 Å². The van der Waals surface area contributed by atoms with Crippen molar-refractivity contribution in [3.63, 3.8) is 0 Å². The van der Waals surface area contributed by atoms with Crippen LogP contribution in [0.5, 0.6) is 5.75 Å². The first-order chi connectivity index (χ1) is 9.40. The summed E-state index contributed by atoms with van der Waals surface area (Å²) in [6, 6.07) is 9.63. The molecule has 0 saturated carbocycles. The topological polar surface area (TPSA) is 61.0 Å². The van der Waals surface area contributed by atoms with E-state index in [1.165, 1.54) is 11.8 Å². The Morgan fingerprint density at radius 3 is 2.50 bits per heavy atom. The standard InChI is InChI=1S/C15H19N3OS/c1-15(2,3)14-17-12(16)9-13(18-14)20-11-8-6-5-7-10(11)19-4/h5-9H,1-4H3,(H2,16,17,18). The highest BCUT2D eigenvalue weighted by Gasteiger charge is 2.19. The van der Waals surface area contributed by atoms with Gasteiger partial charge in [-0.1, -0.05) is 44.7 Å². The Morgan fingerprint density at radius 1 is 1.15 bits per heavy atom. The number of nitrogens with two attached hydrogens (primary N) is 1. The Kier molecular flexibility index (Phi) is 4.18. The van der Waals surface area contributed by atoms with Crippen LogP contribution in [0, 0.1) is 0 Å². The lowest BCUT2D eigenvalue weighted by Gasteiger charge is -2.17. The Labute approximate surface area is 123 Å². The summed E-state index contributed by atoms with van der Waals surface area (Å²) in [6.07, 6.45) is 0. The maximum absolute atomic E-state index is 5.88. The van der Waals surface area contributed by atoms with Crippen LogP contribution in [0.4, 0.5) is 5.82 Å². The second-order valence-electron chi connectivity index (χ2n) is 5.46. The third-order valence-corrected chi connectivity index (χ3v) is 3.65. The quantitative estimate of drug-likeness (QED) is 0.876. The first kappa shape index (κ1) is 14.7. The molecule has 5 heteroatoms. The number of ether oxygens (including phenoxy) is 1. The average molecular weight is 289 g/mol. The summed E-state index contributed by atoms with van der Waals surface area (Å²) in [5, 5.41) is 0.826. The Balaban J connectivity index is 2.36. The van der Waals surface area contributed by atoms with Crippen molar-refractivity contribution in [3.05, 3.63) is 36.2 Å². The van der Waals surface area contributed by atoms with Crippen molar-refractivity contribution in [1.29, 1.82) is 0 Å². The molecule has 0 radical (unpaired) electrons. The molecule has 2 rings (SSSR count). The smallest absolute Gasteiger partial charge is 0.137 e. The lowest BCUT2D eigenvalue weighted by Crippen LogP contribution is -2.17. The van der Waals surface area contributed by atoms with E-state index in [0.29, 0.717) is 5.82 Å². The Morgan fingerprint density at radius 2 is 1.85 bits per heavy atom. The molecule has 4 nitrogen and oxygen atoms in total. The van der Waals surface area contributed by atoms with Gasteiger partial charge in [0.2, 0.25) is 0 Å². The molecule has 1 aromatic heterocycles. The molecule has 0 aliphatic rings. The maximum atomic E-state index is 5.88. The van der Waals surface area contributed by atoms with Crippen molar-refractivity contribution in [1.82, 2.24) is 9.97 Å². The number of anilines is 1. The molecule has 20 heavy (non-hydrogen) atoms. The Hall–Kier alpha value is -1.75. The van der Waals surface area contributed by atoms with Crippen LogP contribution in [-0.2, 0) is 5.41 Å². The SMILES string of the molecule is COc1ccccc1Sc1cc(N)nc(C(C)(C)C)n1. The lowest BCUT2D eigenvalue weighted by atomic mass is 9.96. The molecule has 2 N–H and O–H groups in total. The second kappa shape index (κ2) is 5.71. The molecule has 0 saturated heterocycles. The van der Waals surface area contributed by atoms with Crippen molar-refractivity contribution >= 4 is 17.6 Å². The first-order valence-electron chi connectivity index (χ1n) is 6.36. The third kappa shape index (κ3) is 3.42. The summed E-state index contributed by atoms with van der Waals surface area (Å²) in [7, 11) is 1.66. The van der Waals surface area contributed by atoms with Crippen LogP contribution >= 0.6 is 11.8 Å². The highest BCUT2D eigenvalue weighted by Crippen LogP contribution is 2.34. The molecular weight excluding hydrogens is 270 g/mol. The van der Waals surface area contributed by atoms with E-state index in [-0.39, 0.29) is 5.41 Å². The number of aromatic nitrogens is 2. The lowest BCUT2D eigenvalue weighted by molar-refractivity contribution is 0.405. The summed E-state index contributed by atoms with van der Waals surface area (Å²) < 4.78 is 5.35. The van der Waals surface area contributed by atoms with Crippen molar-refractivity contribution in [2.24, 2.45) is 0 Å². The molecule has 1 heterocycles. The van der Waals surface area contributed by atoms with Gasteiger partial charge >= 0.3 is 0 Å². The van der Waals surface area contributed by atoms with E-state index in [4.69, 9.17) is 10.5 Å². The van der Waals surface area contributed by atoms with Gasteiger partial charge in [0.15, 0.2) is 0 Å². The number of rotatable bonds is 3. The van der Waals surface area contributed by atoms with E-state index >= 15 is 0 Å². The van der Waals surface area contributed by atoms with Gasteiger partial charge < -0.3 is 10.5 Å². The fraction of sp³-hybridized carbons (Fsp3) is 0.333. The van der Waals surface area contributed by atoms with Gasteiger partial charge in [0.1, 0.15) is 22.4 Å². The van der Waals surface area contributed by atoms with Crippen LogP contribution in [0.25, 0.3) is 0 Å². The average Bonchev–Trinajstić information content (AvgIpc) is 2.37. The van der Waals surface area contributed by atoms with E-state index in [9.17, 15) is 0 Å². The molecule has 0 unspecified atom stereocenters. The Bertz CT molecular complexity index is 608. The summed E-state index contributed by atoms with van der Waals surface area (Å²) >= 11 is 1.53. The maximum Gasteiger partial charge on any atom is 0.137 e. The van der Waals surface area contributed by atoms with Gasteiger partial charge in [-0.05, 0) is 12.1 Å². The fourth-order valence-electron chi connectivity index (χ4n) is 1.65. The monoisotopic (exact) mass is 289 g/mol. The summed E-state index contributed by atoms with van der Waals surface area (Å²) in [6.45, 7) is 6.21. The summed E-state index contributed by atoms with van der Waals surface area (Å²) in [5.74, 6) is 2.06. The number of hydrogen-bond donors (Lipinski definition) is 1. The van der Waals surface area contributed by atoms with Gasteiger partial charge in [0, 0.05) is 11.5 Å². The molecule has 106 valence electrons. The van der Waals surface area contributed by atoms with Crippen LogP contribution in [-0.4, -0.2) is 17.1 Å². The molecule has 0 aliphatic heterocycles. The minimum absolute atomic E-state index is 0.133. The third-order valence-electron chi connectivity index (χ3n) is 2.68. The van der Waals surface area contributed by atoms with Crippen LogP contribution < -0.4 is 10.5 Å². The molecule has 0 atom stereocenters. The normalized spacial score (nSPS) is 11.4. The number of benzene rings is 1. The number of methoxy groups -OCH3 is 1. The predicted molar refractivity (Wildman–Crippen MR) is 82.3 cm³/mol. The zero-order valence-corrected chi connectivity index (χ0v) is 13.0. The molecule has 0 amide bonds. The number of nitrogens with zero attached hydrogens (tertiary/aromatic N) is 2. The zero-order valence-electron chi connectivity index (χ0n) is 12.2. The largest absolute Gasteiger partial charge is 0.496 e. The number of hydrogen-bond acceptors (Lipinski definition) is 5. The number of para-hydroxylation sites is 1. The van der Waals surface area contributed by atoms with Crippen molar-refractivity contribution in [2.75, 3.05) is 12.8 Å². The van der Waals surface area contributed by atoms with Crippen molar-refractivity contribution in [3.8, 4) is 5.75 Å². The molecule has 0 aliphatic carbocycles. The van der Waals surface area contributed by atoms with Gasteiger partial charge in [-0.25, -0.2) is 9.97 Å². The molecule has 1 aromatic carbocycles. The van der Waals surface area contributed by atoms with Crippen molar-refractivity contribution in [2.45, 2.75) is 36.1 Å². The second-order valence-corrected chi connectivity index (χ2v) is 6.52. The predicted octanol–water partition coefficient (Wildman–Crippen LogP) is 3.52. The van der Waals surface area contributed by atoms with Gasteiger partial charge in [-0.2, -0.15) is 0 Å². The number of nitrogen functional groups attached to an aromatic ring is 1. The van der Waals surface area contributed by atoms with Gasteiger partial charge in [0.25, 0.3) is 0 Å². The summed E-state index contributed by atoms with van der Waals surface area (Å²) in [5.41, 5.74) is 5.75. The van der Waals surface area contributed by atoms with Gasteiger partial charge in [-0.3, -0.25) is 0 Å². The summed E-state index contributed by atoms with van der Waals surface area (Å²) in [4.78, 5) is 9.91. The first-order valence-corrected chi connectivity index (χ1v) is 7.17. The highest BCUT2D eigenvalue weighted by atomic mass is 32.2. The van der Waals surface area contributed by atoms with E-state index in [1.807, 2.05) is 24.3 Å². The van der Waals surface area contributed by atoms with Crippen LogP contribution in [0.2, 0.25) is 0 Å². The van der Waals surface area contributed by atoms with Crippen molar-refractivity contribution < 1.29 is 4.74 Å². The van der Waals surface area contributed by atoms with Crippen LogP contribution in [0.3, 0.4) is 0 Å². The molecule has 0 fully saturated rings. The minimum Gasteiger partial charge on any atom is -0.496 e. The van der Waals surface area contributed by atoms with E-state index in [0.717, 1.165) is 21.5 Å². The highest BCUT2D eigenvalue weighted by molar-refractivity contribution is 7.99. The van der Waals surface area contributed by atoms with Crippen LogP contribution in [0.15, 0.2) is 40.3 Å². The fourth-order valence-corrected chi connectivity index (χ4v) is 2.58. The molecule has 2 aromatic rings. The minimum atomic E-state index is -0.133. The van der Waals surface area contributed by atoms with E-state index < -0.39 is 0 Å². The molecule has 0 spiro atoms. The van der Waals surface area contributed by atoms with Gasteiger partial charge in [-0.15, -0.1) is 0 Å². The molecular formula is C15H19N3OS. The van der Waals surface area contributed by atoms with Crippen LogP contribution in [0.1, 0.15) is 26.6 Å². The molecule has 0 bridgehead atoms. The van der Waals surface area contributed by atoms with E-state index in [2.05, 4.69) is 30.7 Å². The zero-order chi connectivity index (χ0) is 14.8. The van der Waals surface area contributed by atoms with Gasteiger partial charge in [0.05, 0.1) is 12.0 Å².